The second-order valence-electron chi connectivity index (χ2n) is 7.74. The van der Waals surface area contributed by atoms with Crippen molar-refractivity contribution in [3.8, 4) is 11.3 Å². The molecule has 0 unspecified atom stereocenters. The molecule has 2 heterocycles. The van der Waals surface area contributed by atoms with Crippen molar-refractivity contribution >= 4 is 11.9 Å². The quantitative estimate of drug-likeness (QED) is 0.406. The van der Waals surface area contributed by atoms with Gasteiger partial charge in [-0.05, 0) is 17.7 Å². The van der Waals surface area contributed by atoms with E-state index in [-0.39, 0.29) is 11.5 Å². The molecule has 33 heavy (non-hydrogen) atoms. The first-order valence-corrected chi connectivity index (χ1v) is 10.5. The number of rotatable bonds is 7. The average molecular weight is 441 g/mol. The Morgan fingerprint density at radius 3 is 2.30 bits per heavy atom. The molecule has 0 spiro atoms. The molecule has 0 aliphatic rings. The molecule has 0 aliphatic heterocycles. The number of carbonyl (C=O) groups is 2. The number of ether oxygens (including phenoxy) is 1. The SMILES string of the molecule is CN(C)C(=O)[C@@H](OC(=O)c1cn(Cc2ccccc2)nc1-c1cccnc1)c1ccccc1. The monoisotopic (exact) mass is 440 g/mol. The van der Waals surface area contributed by atoms with Gasteiger partial charge in [0.2, 0.25) is 6.10 Å². The fourth-order valence-electron chi connectivity index (χ4n) is 3.43. The molecule has 1 atom stereocenters. The number of likely N-dealkylation sites (N-methyl/N-ethyl adjacent to an activating group) is 1. The minimum absolute atomic E-state index is 0.270. The summed E-state index contributed by atoms with van der Waals surface area (Å²) in [7, 11) is 3.26. The summed E-state index contributed by atoms with van der Waals surface area (Å²) in [6.07, 6.45) is 3.89. The van der Waals surface area contributed by atoms with Gasteiger partial charge in [-0.2, -0.15) is 5.10 Å². The van der Waals surface area contributed by atoms with Crippen molar-refractivity contribution in [2.75, 3.05) is 14.1 Å². The van der Waals surface area contributed by atoms with Crippen LogP contribution in [0.5, 0.6) is 0 Å². The molecule has 4 rings (SSSR count). The number of hydrogen-bond acceptors (Lipinski definition) is 5. The van der Waals surface area contributed by atoms with E-state index in [2.05, 4.69) is 10.1 Å². The van der Waals surface area contributed by atoms with E-state index in [0.29, 0.717) is 23.4 Å². The summed E-state index contributed by atoms with van der Waals surface area (Å²) in [6.45, 7) is 0.486. The van der Waals surface area contributed by atoms with Gasteiger partial charge in [0.15, 0.2) is 0 Å². The molecule has 0 saturated carbocycles. The van der Waals surface area contributed by atoms with Gasteiger partial charge in [0.25, 0.3) is 5.91 Å². The Morgan fingerprint density at radius 2 is 1.67 bits per heavy atom. The zero-order chi connectivity index (χ0) is 23.2. The second kappa shape index (κ2) is 9.91. The fraction of sp³-hybridized carbons (Fsp3) is 0.154. The van der Waals surface area contributed by atoms with Crippen LogP contribution in [0.3, 0.4) is 0 Å². The highest BCUT2D eigenvalue weighted by Gasteiger charge is 2.29. The lowest BCUT2D eigenvalue weighted by atomic mass is 10.1. The molecule has 0 saturated heterocycles. The van der Waals surface area contributed by atoms with E-state index < -0.39 is 12.1 Å². The second-order valence-corrected chi connectivity index (χ2v) is 7.74. The van der Waals surface area contributed by atoms with Crippen LogP contribution < -0.4 is 0 Å². The molecule has 0 radical (unpaired) electrons. The lowest BCUT2D eigenvalue weighted by molar-refractivity contribution is -0.138. The van der Waals surface area contributed by atoms with Crippen LogP contribution in [0.4, 0.5) is 0 Å². The maximum Gasteiger partial charge on any atom is 0.343 e. The molecular formula is C26H24N4O3. The third-order valence-corrected chi connectivity index (χ3v) is 5.10. The van der Waals surface area contributed by atoms with Gasteiger partial charge in [0.05, 0.1) is 6.54 Å². The summed E-state index contributed by atoms with van der Waals surface area (Å²) in [5, 5.41) is 4.64. The number of carbonyl (C=O) groups excluding carboxylic acids is 2. The summed E-state index contributed by atoms with van der Waals surface area (Å²) in [4.78, 5) is 31.7. The Kier molecular flexibility index (Phi) is 6.59. The largest absolute Gasteiger partial charge is 0.444 e. The van der Waals surface area contributed by atoms with Crippen LogP contribution in [0.15, 0.2) is 91.4 Å². The van der Waals surface area contributed by atoms with E-state index in [9.17, 15) is 9.59 Å². The fourth-order valence-corrected chi connectivity index (χ4v) is 3.43. The normalized spacial score (nSPS) is 11.6. The minimum Gasteiger partial charge on any atom is -0.444 e. The van der Waals surface area contributed by atoms with Crippen LogP contribution in [0.25, 0.3) is 11.3 Å². The standard InChI is InChI=1S/C26H24N4O3/c1-29(2)25(31)24(20-12-7-4-8-13-20)33-26(32)22-18-30(17-19-10-5-3-6-11-19)28-23(22)21-14-9-15-27-16-21/h3-16,18,24H,17H2,1-2H3/t24-/m0/s1. The first kappa shape index (κ1) is 22.0. The van der Waals surface area contributed by atoms with Crippen molar-refractivity contribution in [1.29, 1.82) is 0 Å². The first-order valence-electron chi connectivity index (χ1n) is 10.5. The maximum absolute atomic E-state index is 13.3. The zero-order valence-electron chi connectivity index (χ0n) is 18.5. The Bertz CT molecular complexity index is 1220. The van der Waals surface area contributed by atoms with E-state index in [0.717, 1.165) is 5.56 Å². The summed E-state index contributed by atoms with van der Waals surface area (Å²) >= 11 is 0. The molecule has 0 bridgehead atoms. The van der Waals surface area contributed by atoms with Crippen LogP contribution in [-0.4, -0.2) is 45.6 Å². The van der Waals surface area contributed by atoms with Crippen LogP contribution >= 0.6 is 0 Å². The number of esters is 1. The predicted molar refractivity (Wildman–Crippen MR) is 124 cm³/mol. The molecule has 0 N–H and O–H groups in total. The molecule has 4 aromatic rings. The molecule has 166 valence electrons. The highest BCUT2D eigenvalue weighted by molar-refractivity contribution is 5.97. The zero-order valence-corrected chi connectivity index (χ0v) is 18.5. The van der Waals surface area contributed by atoms with E-state index in [1.165, 1.54) is 4.90 Å². The Hall–Kier alpha value is -4.26. The summed E-state index contributed by atoms with van der Waals surface area (Å²) in [6, 6.07) is 22.4. The van der Waals surface area contributed by atoms with Gasteiger partial charge in [-0.25, -0.2) is 4.79 Å². The average Bonchev–Trinajstić information content (AvgIpc) is 3.27. The predicted octanol–water partition coefficient (Wildman–Crippen LogP) is 3.98. The number of pyridine rings is 1. The molecule has 1 amide bonds. The molecule has 0 aliphatic carbocycles. The Morgan fingerprint density at radius 1 is 0.970 bits per heavy atom. The van der Waals surface area contributed by atoms with E-state index >= 15 is 0 Å². The van der Waals surface area contributed by atoms with Crippen LogP contribution in [0.2, 0.25) is 0 Å². The van der Waals surface area contributed by atoms with Crippen LogP contribution in [-0.2, 0) is 16.1 Å². The van der Waals surface area contributed by atoms with Gasteiger partial charge in [0, 0.05) is 43.8 Å². The van der Waals surface area contributed by atoms with Crippen molar-refractivity contribution in [2.24, 2.45) is 0 Å². The van der Waals surface area contributed by atoms with Crippen LogP contribution in [0.1, 0.15) is 27.6 Å². The van der Waals surface area contributed by atoms with Crippen molar-refractivity contribution in [1.82, 2.24) is 19.7 Å². The van der Waals surface area contributed by atoms with Gasteiger partial charge in [-0.1, -0.05) is 60.7 Å². The topological polar surface area (TPSA) is 77.3 Å². The first-order chi connectivity index (χ1) is 16.0. The molecule has 2 aromatic heterocycles. The van der Waals surface area contributed by atoms with Crippen molar-refractivity contribution in [3.63, 3.8) is 0 Å². The van der Waals surface area contributed by atoms with Gasteiger partial charge in [-0.3, -0.25) is 14.5 Å². The van der Waals surface area contributed by atoms with Crippen LogP contribution in [0, 0.1) is 0 Å². The summed E-state index contributed by atoms with van der Waals surface area (Å²) in [5.41, 5.74) is 3.05. The van der Waals surface area contributed by atoms with E-state index in [1.54, 1.807) is 67.7 Å². The Labute approximate surface area is 192 Å². The highest BCUT2D eigenvalue weighted by atomic mass is 16.5. The van der Waals surface area contributed by atoms with Gasteiger partial charge < -0.3 is 9.64 Å². The summed E-state index contributed by atoms with van der Waals surface area (Å²) in [5.74, 6) is -0.952. The maximum atomic E-state index is 13.3. The van der Waals surface area contributed by atoms with Gasteiger partial charge in [-0.15, -0.1) is 0 Å². The van der Waals surface area contributed by atoms with E-state index in [4.69, 9.17) is 4.74 Å². The number of aromatic nitrogens is 3. The number of nitrogens with zero attached hydrogens (tertiary/aromatic N) is 4. The highest BCUT2D eigenvalue weighted by Crippen LogP contribution is 2.26. The minimum atomic E-state index is -1.06. The third kappa shape index (κ3) is 5.15. The van der Waals surface area contributed by atoms with Gasteiger partial charge in [0.1, 0.15) is 11.3 Å². The lowest BCUT2D eigenvalue weighted by Crippen LogP contribution is -2.31. The molecule has 7 nitrogen and oxygen atoms in total. The molecular weight excluding hydrogens is 416 g/mol. The number of amides is 1. The summed E-state index contributed by atoms with van der Waals surface area (Å²) < 4.78 is 7.46. The van der Waals surface area contributed by atoms with Crippen molar-refractivity contribution < 1.29 is 14.3 Å². The molecule has 0 fully saturated rings. The van der Waals surface area contributed by atoms with E-state index in [1.807, 2.05) is 42.5 Å². The molecule has 2 aromatic carbocycles. The Balaban J connectivity index is 1.69. The number of hydrogen-bond donors (Lipinski definition) is 0. The third-order valence-electron chi connectivity index (χ3n) is 5.10. The lowest BCUT2D eigenvalue weighted by Gasteiger charge is -2.21. The van der Waals surface area contributed by atoms with Crippen molar-refractivity contribution in [2.45, 2.75) is 12.6 Å². The van der Waals surface area contributed by atoms with Crippen molar-refractivity contribution in [3.05, 3.63) is 108 Å². The molecule has 7 heteroatoms. The number of benzene rings is 2. The smallest absolute Gasteiger partial charge is 0.343 e. The van der Waals surface area contributed by atoms with Gasteiger partial charge >= 0.3 is 5.97 Å².